The molecule has 8 heteroatoms. The Bertz CT molecular complexity index is 516. The van der Waals surface area contributed by atoms with Crippen molar-refractivity contribution < 1.29 is 32.8 Å². The monoisotopic (exact) mass is 522 g/mol. The second kappa shape index (κ2) is 23.9. The van der Waals surface area contributed by atoms with E-state index < -0.39 is 20.0 Å². The van der Waals surface area contributed by atoms with Crippen LogP contribution in [0.4, 0.5) is 0 Å². The molecule has 0 saturated carbocycles. The SMILES string of the molecule is CCCCCCCCC(OP(=O)(OCCCC)OCCCC)C(O)CCCCCCCC(=O)OC. The fraction of sp³-hybridized carbons (Fsp3) is 0.963. The normalized spacial score (nSPS) is 13.6. The Morgan fingerprint density at radius 2 is 1.20 bits per heavy atom. The zero-order chi connectivity index (χ0) is 26.2. The van der Waals surface area contributed by atoms with Crippen molar-refractivity contribution in [1.82, 2.24) is 0 Å². The molecule has 0 aliphatic heterocycles. The first-order chi connectivity index (χ1) is 16.9. The molecule has 0 aliphatic rings. The molecule has 0 rings (SSSR count). The molecule has 0 bridgehead atoms. The van der Waals surface area contributed by atoms with E-state index in [4.69, 9.17) is 13.6 Å². The number of hydrogen-bond donors (Lipinski definition) is 1. The first-order valence-corrected chi connectivity index (χ1v) is 15.7. The van der Waals surface area contributed by atoms with Crippen molar-refractivity contribution in [3.8, 4) is 0 Å². The molecule has 0 aromatic carbocycles. The highest BCUT2D eigenvalue weighted by molar-refractivity contribution is 7.48. The summed E-state index contributed by atoms with van der Waals surface area (Å²) in [5, 5.41) is 10.9. The van der Waals surface area contributed by atoms with E-state index in [1.807, 2.05) is 13.8 Å². The summed E-state index contributed by atoms with van der Waals surface area (Å²) >= 11 is 0. The van der Waals surface area contributed by atoms with Crippen LogP contribution in [-0.4, -0.2) is 43.6 Å². The van der Waals surface area contributed by atoms with E-state index in [0.717, 1.165) is 70.6 Å². The minimum absolute atomic E-state index is 0.165. The van der Waals surface area contributed by atoms with Crippen molar-refractivity contribution in [2.24, 2.45) is 0 Å². The van der Waals surface area contributed by atoms with Gasteiger partial charge in [-0.1, -0.05) is 97.8 Å². The molecule has 7 nitrogen and oxygen atoms in total. The Morgan fingerprint density at radius 1 is 0.714 bits per heavy atom. The first kappa shape index (κ1) is 34.5. The Morgan fingerprint density at radius 3 is 1.74 bits per heavy atom. The standard InChI is InChI=1S/C27H55O7P/c1-5-8-11-12-15-18-21-26(25(28)20-17-14-13-16-19-22-27(29)31-4)34-35(30,32-23-9-6-2)33-24-10-7-3/h25-26,28H,5-24H2,1-4H3. The predicted molar refractivity (Wildman–Crippen MR) is 143 cm³/mol. The molecule has 35 heavy (non-hydrogen) atoms. The zero-order valence-corrected chi connectivity index (χ0v) is 24.0. The smallest absolute Gasteiger partial charge is 0.469 e. The van der Waals surface area contributed by atoms with E-state index in [2.05, 4.69) is 11.7 Å². The van der Waals surface area contributed by atoms with Crippen LogP contribution in [0.2, 0.25) is 0 Å². The van der Waals surface area contributed by atoms with Crippen molar-refractivity contribution in [1.29, 1.82) is 0 Å². The van der Waals surface area contributed by atoms with Crippen molar-refractivity contribution in [3.63, 3.8) is 0 Å². The summed E-state index contributed by atoms with van der Waals surface area (Å²) in [5.74, 6) is -0.165. The molecule has 0 saturated heterocycles. The lowest BCUT2D eigenvalue weighted by Gasteiger charge is -2.27. The molecule has 0 amide bonds. The second-order valence-electron chi connectivity index (χ2n) is 9.47. The van der Waals surface area contributed by atoms with Gasteiger partial charge in [0.1, 0.15) is 0 Å². The maximum atomic E-state index is 13.4. The number of carbonyl (C=O) groups excluding carboxylic acids is 1. The summed E-state index contributed by atoms with van der Waals surface area (Å²) in [7, 11) is -2.31. The first-order valence-electron chi connectivity index (χ1n) is 14.2. The quantitative estimate of drug-likeness (QED) is 0.0696. The van der Waals surface area contributed by atoms with Crippen LogP contribution in [0, 0.1) is 0 Å². The highest BCUT2D eigenvalue weighted by Gasteiger charge is 2.33. The number of hydrogen-bond acceptors (Lipinski definition) is 7. The van der Waals surface area contributed by atoms with Gasteiger partial charge >= 0.3 is 13.8 Å². The van der Waals surface area contributed by atoms with E-state index in [9.17, 15) is 14.5 Å². The molecule has 0 spiro atoms. The van der Waals surface area contributed by atoms with E-state index in [-0.39, 0.29) is 5.97 Å². The maximum absolute atomic E-state index is 13.4. The number of aliphatic hydroxyl groups is 1. The van der Waals surface area contributed by atoms with Crippen LogP contribution >= 0.6 is 7.82 Å². The van der Waals surface area contributed by atoms with Crippen LogP contribution < -0.4 is 0 Å². The minimum Gasteiger partial charge on any atom is -0.469 e. The van der Waals surface area contributed by atoms with Gasteiger partial charge in [-0.2, -0.15) is 0 Å². The summed E-state index contributed by atoms with van der Waals surface area (Å²) in [6.07, 6.45) is 15.3. The largest absolute Gasteiger partial charge is 0.475 e. The van der Waals surface area contributed by atoms with Crippen LogP contribution in [0.25, 0.3) is 0 Å². The molecular formula is C27H55O7P. The van der Waals surface area contributed by atoms with Gasteiger partial charge in [-0.3, -0.25) is 18.4 Å². The number of rotatable bonds is 26. The summed E-state index contributed by atoms with van der Waals surface area (Å²) in [6, 6.07) is 0. The maximum Gasteiger partial charge on any atom is 0.475 e. The lowest BCUT2D eigenvalue weighted by Crippen LogP contribution is -2.29. The van der Waals surface area contributed by atoms with Gasteiger partial charge in [0.25, 0.3) is 0 Å². The molecule has 0 radical (unpaired) electrons. The lowest BCUT2D eigenvalue weighted by atomic mass is 9.99. The number of carbonyl (C=O) groups is 1. The van der Waals surface area contributed by atoms with Gasteiger partial charge in [0, 0.05) is 6.42 Å². The number of ether oxygens (including phenoxy) is 1. The third kappa shape index (κ3) is 20.3. The van der Waals surface area contributed by atoms with Gasteiger partial charge in [-0.25, -0.2) is 4.57 Å². The number of esters is 1. The van der Waals surface area contributed by atoms with E-state index in [1.165, 1.54) is 32.8 Å². The van der Waals surface area contributed by atoms with Crippen molar-refractivity contribution in [3.05, 3.63) is 0 Å². The van der Waals surface area contributed by atoms with Gasteiger partial charge in [0.2, 0.25) is 0 Å². The molecule has 0 aromatic heterocycles. The molecule has 0 heterocycles. The van der Waals surface area contributed by atoms with Gasteiger partial charge in [0.05, 0.1) is 32.5 Å². The predicted octanol–water partition coefficient (Wildman–Crippen LogP) is 8.13. The zero-order valence-electron chi connectivity index (χ0n) is 23.1. The Labute approximate surface area is 215 Å². The van der Waals surface area contributed by atoms with Crippen molar-refractivity contribution in [2.75, 3.05) is 20.3 Å². The van der Waals surface area contributed by atoms with Crippen LogP contribution in [0.1, 0.15) is 136 Å². The molecule has 2 atom stereocenters. The topological polar surface area (TPSA) is 91.3 Å². The lowest BCUT2D eigenvalue weighted by molar-refractivity contribution is -0.140. The van der Waals surface area contributed by atoms with E-state index >= 15 is 0 Å². The Hall–Kier alpha value is -0.460. The minimum atomic E-state index is -3.73. The van der Waals surface area contributed by atoms with Gasteiger partial charge in [-0.15, -0.1) is 0 Å². The Kier molecular flexibility index (Phi) is 23.6. The molecule has 1 N–H and O–H groups in total. The van der Waals surface area contributed by atoms with Crippen LogP contribution in [0.3, 0.4) is 0 Å². The molecule has 210 valence electrons. The third-order valence-electron chi connectivity index (χ3n) is 6.14. The molecule has 0 aromatic rings. The second-order valence-corrected chi connectivity index (χ2v) is 11.1. The number of unbranched alkanes of at least 4 members (excludes halogenated alkanes) is 11. The van der Waals surface area contributed by atoms with Crippen LogP contribution in [0.15, 0.2) is 0 Å². The third-order valence-corrected chi connectivity index (χ3v) is 7.67. The number of aliphatic hydroxyl groups excluding tert-OH is 1. The van der Waals surface area contributed by atoms with Crippen molar-refractivity contribution >= 4 is 13.8 Å². The molecule has 0 aliphatic carbocycles. The van der Waals surface area contributed by atoms with E-state index in [0.29, 0.717) is 32.5 Å². The van der Waals surface area contributed by atoms with Crippen LogP contribution in [0.5, 0.6) is 0 Å². The highest BCUT2D eigenvalue weighted by atomic mass is 31.2. The Balaban J connectivity index is 4.80. The molecule has 0 fully saturated rings. The van der Waals surface area contributed by atoms with Gasteiger partial charge < -0.3 is 9.84 Å². The average molecular weight is 523 g/mol. The summed E-state index contributed by atoms with van der Waals surface area (Å²) in [4.78, 5) is 11.2. The summed E-state index contributed by atoms with van der Waals surface area (Å²) < 4.78 is 35.2. The fourth-order valence-corrected chi connectivity index (χ4v) is 5.27. The fourth-order valence-electron chi connectivity index (χ4n) is 3.79. The number of phosphoric acid groups is 1. The van der Waals surface area contributed by atoms with Crippen LogP contribution in [-0.2, 0) is 27.7 Å². The number of methoxy groups -OCH3 is 1. The van der Waals surface area contributed by atoms with E-state index in [1.54, 1.807) is 0 Å². The average Bonchev–Trinajstić information content (AvgIpc) is 2.84. The summed E-state index contributed by atoms with van der Waals surface area (Å²) in [6.45, 7) is 6.95. The number of phosphoric ester groups is 1. The summed E-state index contributed by atoms with van der Waals surface area (Å²) in [5.41, 5.74) is 0. The molecular weight excluding hydrogens is 467 g/mol. The molecule has 2 unspecified atom stereocenters. The van der Waals surface area contributed by atoms with Gasteiger partial charge in [0.15, 0.2) is 0 Å². The van der Waals surface area contributed by atoms with Crippen molar-refractivity contribution in [2.45, 2.75) is 149 Å². The van der Waals surface area contributed by atoms with Gasteiger partial charge in [-0.05, 0) is 32.1 Å². The highest BCUT2D eigenvalue weighted by Crippen LogP contribution is 2.52.